The van der Waals surface area contributed by atoms with Gasteiger partial charge in [0.15, 0.2) is 0 Å². The molecule has 104 valence electrons. The molecule has 1 heterocycles. The van der Waals surface area contributed by atoms with E-state index in [-0.39, 0.29) is 16.6 Å². The van der Waals surface area contributed by atoms with E-state index in [1.807, 2.05) is 0 Å². The van der Waals surface area contributed by atoms with E-state index < -0.39 is 14.9 Å². The first-order valence-corrected chi connectivity index (χ1v) is 7.22. The smallest absolute Gasteiger partial charge is 0.270 e. The number of nitrogens with zero attached hydrogens (tertiary/aromatic N) is 2. The van der Waals surface area contributed by atoms with Crippen molar-refractivity contribution in [3.8, 4) is 0 Å². The van der Waals surface area contributed by atoms with Gasteiger partial charge in [-0.25, -0.2) is 8.42 Å². The lowest BCUT2D eigenvalue weighted by molar-refractivity contribution is -0.385. The Hall–Kier alpha value is -1.51. The molecule has 2 rings (SSSR count). The largest absolute Gasteiger partial charge is 0.313 e. The average molecular weight is 285 g/mol. The van der Waals surface area contributed by atoms with E-state index in [4.69, 9.17) is 0 Å². The number of hydrogen-bond acceptors (Lipinski definition) is 5. The van der Waals surface area contributed by atoms with Gasteiger partial charge in [-0.05, 0) is 12.5 Å². The number of rotatable bonds is 4. The van der Waals surface area contributed by atoms with Gasteiger partial charge in [0, 0.05) is 38.3 Å². The predicted molar refractivity (Wildman–Crippen MR) is 69.4 cm³/mol. The molecule has 7 nitrogen and oxygen atoms in total. The summed E-state index contributed by atoms with van der Waals surface area (Å²) in [5.74, 6) is 0. The van der Waals surface area contributed by atoms with E-state index in [2.05, 4.69) is 5.32 Å². The SMILES string of the molecule is Cc1ccc([N+](=O)[O-])cc1S(=O)(=O)N(C)C1CNC1. The first-order chi connectivity index (χ1) is 8.84. The molecule has 8 heteroatoms. The topological polar surface area (TPSA) is 92.5 Å². The van der Waals surface area contributed by atoms with Crippen LogP contribution in [0.3, 0.4) is 0 Å². The summed E-state index contributed by atoms with van der Waals surface area (Å²) in [6.07, 6.45) is 0. The molecule has 19 heavy (non-hydrogen) atoms. The van der Waals surface area contributed by atoms with Gasteiger partial charge in [0.1, 0.15) is 0 Å². The van der Waals surface area contributed by atoms with Crippen molar-refractivity contribution in [2.24, 2.45) is 0 Å². The minimum atomic E-state index is -3.70. The highest BCUT2D eigenvalue weighted by atomic mass is 32.2. The number of nitro benzene ring substituents is 1. The van der Waals surface area contributed by atoms with Gasteiger partial charge < -0.3 is 5.32 Å². The fraction of sp³-hybridized carbons (Fsp3) is 0.455. The number of non-ortho nitro benzene ring substituents is 1. The number of nitro groups is 1. The molecule has 0 aliphatic carbocycles. The molecule has 0 atom stereocenters. The lowest BCUT2D eigenvalue weighted by Crippen LogP contribution is -2.57. The van der Waals surface area contributed by atoms with Gasteiger partial charge in [-0.1, -0.05) is 6.07 Å². The highest BCUT2D eigenvalue weighted by Crippen LogP contribution is 2.25. The van der Waals surface area contributed by atoms with Crippen molar-refractivity contribution in [3.05, 3.63) is 33.9 Å². The lowest BCUT2D eigenvalue weighted by Gasteiger charge is -2.34. The maximum absolute atomic E-state index is 12.4. The van der Waals surface area contributed by atoms with Gasteiger partial charge in [-0.15, -0.1) is 0 Å². The highest BCUT2D eigenvalue weighted by Gasteiger charge is 2.33. The summed E-state index contributed by atoms with van der Waals surface area (Å²) in [4.78, 5) is 10.2. The number of hydrogen-bond donors (Lipinski definition) is 1. The molecule has 0 spiro atoms. The zero-order valence-corrected chi connectivity index (χ0v) is 11.5. The predicted octanol–water partition coefficient (Wildman–Crippen LogP) is 0.496. The third kappa shape index (κ3) is 2.46. The van der Waals surface area contributed by atoms with Crippen LogP contribution in [-0.4, -0.2) is 43.8 Å². The quantitative estimate of drug-likeness (QED) is 0.642. The summed E-state index contributed by atoms with van der Waals surface area (Å²) in [5.41, 5.74) is 0.286. The van der Waals surface area contributed by atoms with Crippen molar-refractivity contribution >= 4 is 15.7 Å². The van der Waals surface area contributed by atoms with Crippen LogP contribution in [0.5, 0.6) is 0 Å². The van der Waals surface area contributed by atoms with Gasteiger partial charge in [-0.3, -0.25) is 10.1 Å². The molecule has 0 unspecified atom stereocenters. The van der Waals surface area contributed by atoms with Gasteiger partial charge in [0.25, 0.3) is 5.69 Å². The van der Waals surface area contributed by atoms with Crippen LogP contribution in [0.4, 0.5) is 5.69 Å². The first-order valence-electron chi connectivity index (χ1n) is 5.78. The highest BCUT2D eigenvalue weighted by molar-refractivity contribution is 7.89. The number of nitrogens with one attached hydrogen (secondary N) is 1. The Morgan fingerprint density at radius 1 is 1.42 bits per heavy atom. The molecule has 1 saturated heterocycles. The fourth-order valence-electron chi connectivity index (χ4n) is 1.86. The van der Waals surface area contributed by atoms with Crippen LogP contribution in [0.25, 0.3) is 0 Å². The number of likely N-dealkylation sites (N-methyl/N-ethyl adjacent to an activating group) is 1. The molecule has 1 N–H and O–H groups in total. The second-order valence-corrected chi connectivity index (χ2v) is 6.51. The molecule has 0 saturated carbocycles. The Morgan fingerprint density at radius 3 is 2.53 bits per heavy atom. The van der Waals surface area contributed by atoms with Crippen LogP contribution in [0.2, 0.25) is 0 Å². The summed E-state index contributed by atoms with van der Waals surface area (Å²) in [6.45, 7) is 2.83. The molecule has 1 aliphatic heterocycles. The minimum absolute atomic E-state index is 0.00361. The Kier molecular flexibility index (Phi) is 3.57. The molecule has 0 amide bonds. The van der Waals surface area contributed by atoms with Crippen molar-refractivity contribution in [2.75, 3.05) is 20.1 Å². The van der Waals surface area contributed by atoms with E-state index in [1.165, 1.54) is 23.5 Å². The van der Waals surface area contributed by atoms with Crippen molar-refractivity contribution < 1.29 is 13.3 Å². The lowest BCUT2D eigenvalue weighted by atomic mass is 10.2. The monoisotopic (exact) mass is 285 g/mol. The number of sulfonamides is 1. The van der Waals surface area contributed by atoms with E-state index in [0.29, 0.717) is 18.7 Å². The zero-order chi connectivity index (χ0) is 14.2. The number of benzene rings is 1. The van der Waals surface area contributed by atoms with Crippen LogP contribution >= 0.6 is 0 Å². The minimum Gasteiger partial charge on any atom is -0.313 e. The molecule has 1 aliphatic rings. The van der Waals surface area contributed by atoms with Crippen molar-refractivity contribution in [2.45, 2.75) is 17.9 Å². The maximum atomic E-state index is 12.4. The maximum Gasteiger partial charge on any atom is 0.270 e. The Morgan fingerprint density at radius 2 is 2.05 bits per heavy atom. The standard InChI is InChI=1S/C11H15N3O4S/c1-8-3-4-9(14(15)16)5-11(8)19(17,18)13(2)10-6-12-7-10/h3-5,10,12H,6-7H2,1-2H3. The molecule has 0 aromatic heterocycles. The summed E-state index contributed by atoms with van der Waals surface area (Å²) >= 11 is 0. The van der Waals surface area contributed by atoms with Gasteiger partial charge in [-0.2, -0.15) is 4.31 Å². The molecule has 1 aromatic carbocycles. The molecule has 0 radical (unpaired) electrons. The molecule has 1 fully saturated rings. The molecular weight excluding hydrogens is 270 g/mol. The third-order valence-electron chi connectivity index (χ3n) is 3.31. The third-order valence-corrected chi connectivity index (χ3v) is 5.37. The zero-order valence-electron chi connectivity index (χ0n) is 10.7. The van der Waals surface area contributed by atoms with Gasteiger partial charge in [0.05, 0.1) is 9.82 Å². The Labute approximate surface area is 111 Å². The summed E-state index contributed by atoms with van der Waals surface area (Å²) in [7, 11) is -2.20. The number of aryl methyl sites for hydroxylation is 1. The average Bonchev–Trinajstić information content (AvgIpc) is 2.26. The van der Waals surface area contributed by atoms with Gasteiger partial charge in [0.2, 0.25) is 10.0 Å². The fourth-order valence-corrected chi connectivity index (χ4v) is 3.46. The Balaban J connectivity index is 2.44. The van der Waals surface area contributed by atoms with Crippen LogP contribution in [-0.2, 0) is 10.0 Å². The van der Waals surface area contributed by atoms with Crippen LogP contribution < -0.4 is 5.32 Å². The van der Waals surface area contributed by atoms with Crippen LogP contribution in [0, 0.1) is 17.0 Å². The Bertz CT molecular complexity index is 610. The molecule has 0 bridgehead atoms. The summed E-state index contributed by atoms with van der Waals surface area (Å²) < 4.78 is 26.1. The van der Waals surface area contributed by atoms with Crippen molar-refractivity contribution in [3.63, 3.8) is 0 Å². The second kappa shape index (κ2) is 4.87. The van der Waals surface area contributed by atoms with E-state index >= 15 is 0 Å². The van der Waals surface area contributed by atoms with Gasteiger partial charge >= 0.3 is 0 Å². The molecular formula is C11H15N3O4S. The van der Waals surface area contributed by atoms with Crippen molar-refractivity contribution in [1.82, 2.24) is 9.62 Å². The van der Waals surface area contributed by atoms with E-state index in [9.17, 15) is 18.5 Å². The first kappa shape index (κ1) is 13.9. The van der Waals surface area contributed by atoms with E-state index in [1.54, 1.807) is 6.92 Å². The summed E-state index contributed by atoms with van der Waals surface area (Å²) in [5, 5.41) is 13.7. The second-order valence-electron chi connectivity index (χ2n) is 4.54. The van der Waals surface area contributed by atoms with E-state index in [0.717, 1.165) is 6.07 Å². The van der Waals surface area contributed by atoms with Crippen LogP contribution in [0.1, 0.15) is 5.56 Å². The summed E-state index contributed by atoms with van der Waals surface area (Å²) in [6, 6.07) is 3.79. The van der Waals surface area contributed by atoms with Crippen LogP contribution in [0.15, 0.2) is 23.1 Å². The normalized spacial score (nSPS) is 16.4. The van der Waals surface area contributed by atoms with Crippen molar-refractivity contribution in [1.29, 1.82) is 0 Å². The molecule has 1 aromatic rings.